The van der Waals surface area contributed by atoms with E-state index in [2.05, 4.69) is 20.7 Å². The molecule has 1 N–H and O–H groups in total. The van der Waals surface area contributed by atoms with Crippen molar-refractivity contribution in [2.45, 2.75) is 12.1 Å². The normalized spacial score (nSPS) is 11.3. The molecule has 3 aromatic carbocycles. The van der Waals surface area contributed by atoms with Crippen LogP contribution in [0.2, 0.25) is 5.02 Å². The van der Waals surface area contributed by atoms with Gasteiger partial charge in [-0.05, 0) is 61.0 Å². The van der Waals surface area contributed by atoms with Crippen LogP contribution >= 0.6 is 23.4 Å². The molecule has 34 heavy (non-hydrogen) atoms. The predicted molar refractivity (Wildman–Crippen MR) is 136 cm³/mol. The molecule has 0 saturated heterocycles. The Morgan fingerprint density at radius 3 is 2.41 bits per heavy atom. The largest absolute Gasteiger partial charge is 0.497 e. The third kappa shape index (κ3) is 5.65. The molecule has 1 heterocycles. The van der Waals surface area contributed by atoms with Crippen LogP contribution in [0.3, 0.4) is 0 Å². The smallest absolute Gasteiger partial charge is 0.250 e. The van der Waals surface area contributed by atoms with Crippen molar-refractivity contribution in [2.24, 2.45) is 5.10 Å². The van der Waals surface area contributed by atoms with E-state index in [9.17, 15) is 4.79 Å². The van der Waals surface area contributed by atoms with Crippen LogP contribution in [-0.2, 0) is 4.79 Å². The van der Waals surface area contributed by atoms with E-state index in [0.717, 1.165) is 28.3 Å². The molecule has 0 bridgehead atoms. The van der Waals surface area contributed by atoms with Crippen molar-refractivity contribution in [3.8, 4) is 22.8 Å². The van der Waals surface area contributed by atoms with Gasteiger partial charge in [0.25, 0.3) is 5.91 Å². The van der Waals surface area contributed by atoms with Gasteiger partial charge in [0.15, 0.2) is 11.0 Å². The number of benzene rings is 3. The van der Waals surface area contributed by atoms with Crippen molar-refractivity contribution in [3.63, 3.8) is 0 Å². The third-order valence-electron chi connectivity index (χ3n) is 4.94. The summed E-state index contributed by atoms with van der Waals surface area (Å²) in [5, 5.41) is 14.1. The number of hydrazone groups is 1. The number of carbonyl (C=O) groups is 1. The predicted octanol–water partition coefficient (Wildman–Crippen LogP) is 5.23. The van der Waals surface area contributed by atoms with Crippen molar-refractivity contribution in [2.75, 3.05) is 12.9 Å². The van der Waals surface area contributed by atoms with Gasteiger partial charge in [-0.15, -0.1) is 10.2 Å². The SMILES string of the molecule is COc1ccc(-c2nnc(SCC(=O)N/N=C(/C)c3ccccc3)n2-c2ccc(Cl)cc2)cc1. The van der Waals surface area contributed by atoms with Crippen LogP contribution in [0.1, 0.15) is 12.5 Å². The first kappa shape index (κ1) is 23.5. The zero-order chi connectivity index (χ0) is 23.9. The highest BCUT2D eigenvalue weighted by Gasteiger charge is 2.17. The number of hydrogen-bond acceptors (Lipinski definition) is 6. The lowest BCUT2D eigenvalue weighted by atomic mass is 10.1. The van der Waals surface area contributed by atoms with Gasteiger partial charge >= 0.3 is 0 Å². The number of hydrogen-bond donors (Lipinski definition) is 1. The van der Waals surface area contributed by atoms with Crippen molar-refractivity contribution in [1.82, 2.24) is 20.2 Å². The van der Waals surface area contributed by atoms with E-state index in [0.29, 0.717) is 16.0 Å². The van der Waals surface area contributed by atoms with E-state index < -0.39 is 0 Å². The molecule has 172 valence electrons. The minimum absolute atomic E-state index is 0.125. The summed E-state index contributed by atoms with van der Waals surface area (Å²) in [7, 11) is 1.62. The molecule has 0 saturated carbocycles. The number of rotatable bonds is 8. The molecular weight excluding hydrogens is 470 g/mol. The Labute approximate surface area is 206 Å². The number of nitrogens with one attached hydrogen (secondary N) is 1. The van der Waals surface area contributed by atoms with Crippen molar-refractivity contribution < 1.29 is 9.53 Å². The lowest BCUT2D eigenvalue weighted by Crippen LogP contribution is -2.21. The zero-order valence-corrected chi connectivity index (χ0v) is 20.2. The molecule has 0 aliphatic rings. The second-order valence-corrected chi connectivity index (χ2v) is 8.61. The fourth-order valence-electron chi connectivity index (χ4n) is 3.17. The van der Waals surface area contributed by atoms with Crippen LogP contribution in [0.5, 0.6) is 5.75 Å². The maximum Gasteiger partial charge on any atom is 0.250 e. The van der Waals surface area contributed by atoms with Crippen LogP contribution in [0, 0.1) is 0 Å². The minimum atomic E-state index is -0.239. The van der Waals surface area contributed by atoms with E-state index >= 15 is 0 Å². The molecule has 7 nitrogen and oxygen atoms in total. The Morgan fingerprint density at radius 2 is 1.74 bits per heavy atom. The van der Waals surface area contributed by atoms with Gasteiger partial charge in [0.2, 0.25) is 0 Å². The molecule has 4 aromatic rings. The van der Waals surface area contributed by atoms with E-state index in [1.165, 1.54) is 11.8 Å². The average molecular weight is 492 g/mol. The van der Waals surface area contributed by atoms with Gasteiger partial charge in [-0.2, -0.15) is 5.10 Å². The summed E-state index contributed by atoms with van der Waals surface area (Å²) < 4.78 is 7.15. The van der Waals surface area contributed by atoms with Gasteiger partial charge in [0.1, 0.15) is 5.75 Å². The zero-order valence-electron chi connectivity index (χ0n) is 18.6. The molecule has 4 rings (SSSR count). The first-order valence-electron chi connectivity index (χ1n) is 10.4. The lowest BCUT2D eigenvalue weighted by Gasteiger charge is -2.11. The molecule has 0 fully saturated rings. The molecule has 0 atom stereocenters. The number of halogens is 1. The van der Waals surface area contributed by atoms with Crippen LogP contribution in [0.25, 0.3) is 17.1 Å². The molecule has 0 radical (unpaired) electrons. The quantitative estimate of drug-likeness (QED) is 0.207. The Morgan fingerprint density at radius 1 is 1.03 bits per heavy atom. The number of carbonyl (C=O) groups excluding carboxylic acids is 1. The topological polar surface area (TPSA) is 81.4 Å². The van der Waals surface area contributed by atoms with Crippen molar-refractivity contribution >= 4 is 35.0 Å². The molecular formula is C25H22ClN5O2S. The van der Waals surface area contributed by atoms with Crippen LogP contribution < -0.4 is 10.2 Å². The lowest BCUT2D eigenvalue weighted by molar-refractivity contribution is -0.118. The summed E-state index contributed by atoms with van der Waals surface area (Å²) in [4.78, 5) is 12.5. The summed E-state index contributed by atoms with van der Waals surface area (Å²) in [5.74, 6) is 1.28. The molecule has 0 aliphatic heterocycles. The Kier molecular flexibility index (Phi) is 7.61. The number of nitrogens with zero attached hydrogens (tertiary/aromatic N) is 4. The van der Waals surface area contributed by atoms with Gasteiger partial charge in [0.05, 0.1) is 18.6 Å². The summed E-state index contributed by atoms with van der Waals surface area (Å²) in [6.07, 6.45) is 0. The standard InChI is InChI=1S/C25H22ClN5O2S/c1-17(18-6-4-3-5-7-18)27-28-23(32)16-34-25-30-29-24(19-8-14-22(33-2)15-9-19)31(25)21-12-10-20(26)11-13-21/h3-15H,16H2,1-2H3,(H,28,32)/b27-17-. The molecule has 9 heteroatoms. The third-order valence-corrected chi connectivity index (χ3v) is 6.12. The van der Waals surface area contributed by atoms with Gasteiger partial charge in [-0.3, -0.25) is 9.36 Å². The fourth-order valence-corrected chi connectivity index (χ4v) is 4.04. The van der Waals surface area contributed by atoms with Crippen molar-refractivity contribution in [3.05, 3.63) is 89.4 Å². The maximum atomic E-state index is 12.5. The fraction of sp³-hybridized carbons (Fsp3) is 0.120. The summed E-state index contributed by atoms with van der Waals surface area (Å²) in [5.41, 5.74) is 5.98. The molecule has 1 amide bonds. The molecule has 0 aliphatic carbocycles. The summed E-state index contributed by atoms with van der Waals surface area (Å²) >= 11 is 7.36. The van der Waals surface area contributed by atoms with E-state index in [1.807, 2.05) is 78.2 Å². The van der Waals surface area contributed by atoms with Crippen LogP contribution in [0.4, 0.5) is 0 Å². The van der Waals surface area contributed by atoms with Gasteiger partial charge in [-0.25, -0.2) is 5.43 Å². The number of methoxy groups -OCH3 is 1. The highest BCUT2D eigenvalue weighted by Crippen LogP contribution is 2.29. The van der Waals surface area contributed by atoms with Gasteiger partial charge in [-0.1, -0.05) is 53.7 Å². The first-order chi connectivity index (χ1) is 16.5. The number of ether oxygens (including phenoxy) is 1. The number of thioether (sulfide) groups is 1. The maximum absolute atomic E-state index is 12.5. The van der Waals surface area contributed by atoms with E-state index in [1.54, 1.807) is 19.2 Å². The average Bonchev–Trinajstić information content (AvgIpc) is 3.31. The molecule has 1 aromatic heterocycles. The van der Waals surface area contributed by atoms with Gasteiger partial charge in [0, 0.05) is 16.3 Å². The highest BCUT2D eigenvalue weighted by atomic mass is 35.5. The summed E-state index contributed by atoms with van der Waals surface area (Å²) in [6.45, 7) is 1.85. The Bertz CT molecular complexity index is 1290. The Hall–Kier alpha value is -3.62. The van der Waals surface area contributed by atoms with Gasteiger partial charge < -0.3 is 4.74 Å². The number of aromatic nitrogens is 3. The van der Waals surface area contributed by atoms with Crippen molar-refractivity contribution in [1.29, 1.82) is 0 Å². The second-order valence-electron chi connectivity index (χ2n) is 7.23. The molecule has 0 spiro atoms. The van der Waals surface area contributed by atoms with E-state index in [-0.39, 0.29) is 11.7 Å². The highest BCUT2D eigenvalue weighted by molar-refractivity contribution is 7.99. The number of amides is 1. The second kappa shape index (κ2) is 11.0. The monoisotopic (exact) mass is 491 g/mol. The Balaban J connectivity index is 1.54. The summed E-state index contributed by atoms with van der Waals surface area (Å²) in [6, 6.07) is 24.6. The van der Waals surface area contributed by atoms with Crippen LogP contribution in [-0.4, -0.2) is 39.2 Å². The van der Waals surface area contributed by atoms with E-state index in [4.69, 9.17) is 16.3 Å². The minimum Gasteiger partial charge on any atom is -0.497 e. The molecule has 0 unspecified atom stereocenters. The van der Waals surface area contributed by atoms with Crippen LogP contribution in [0.15, 0.2) is 89.1 Å². The first-order valence-corrected chi connectivity index (χ1v) is 11.8.